The summed E-state index contributed by atoms with van der Waals surface area (Å²) < 4.78 is 23.9. The molecular formula is C27H32FN3O4. The highest BCUT2D eigenvalue weighted by Gasteiger charge is 2.23. The lowest BCUT2D eigenvalue weighted by molar-refractivity contribution is -0.133. The SMILES string of the molecule is COCCN(CC(=O)N(Cc1ccc(F)cc1)Cc1ccco1)C(=O)Nc1ccc(C(C)C)cc1. The Labute approximate surface area is 205 Å². The summed E-state index contributed by atoms with van der Waals surface area (Å²) >= 11 is 0. The van der Waals surface area contributed by atoms with Crippen molar-refractivity contribution in [3.8, 4) is 0 Å². The lowest BCUT2D eigenvalue weighted by Gasteiger charge is -2.27. The van der Waals surface area contributed by atoms with E-state index in [0.717, 1.165) is 5.56 Å². The van der Waals surface area contributed by atoms with Crippen LogP contribution in [0.4, 0.5) is 14.9 Å². The second kappa shape index (κ2) is 12.7. The maximum Gasteiger partial charge on any atom is 0.322 e. The Bertz CT molecular complexity index is 1070. The van der Waals surface area contributed by atoms with Gasteiger partial charge in [0, 0.05) is 25.9 Å². The van der Waals surface area contributed by atoms with Gasteiger partial charge in [0.1, 0.15) is 18.1 Å². The molecule has 0 aliphatic carbocycles. The molecule has 0 fully saturated rings. The standard InChI is InChI=1S/C27H32FN3O4/c1-20(2)22-8-12-24(13-9-22)29-27(33)30(14-16-34-3)19-26(32)31(18-25-5-4-15-35-25)17-21-6-10-23(28)11-7-21/h4-13,15,20H,14,16-19H2,1-3H3,(H,29,33). The van der Waals surface area contributed by atoms with E-state index in [0.29, 0.717) is 17.4 Å². The molecule has 0 atom stereocenters. The van der Waals surface area contributed by atoms with Crippen LogP contribution in [0.2, 0.25) is 0 Å². The van der Waals surface area contributed by atoms with Crippen LogP contribution in [0.25, 0.3) is 0 Å². The smallest absolute Gasteiger partial charge is 0.322 e. The third kappa shape index (κ3) is 7.96. The summed E-state index contributed by atoms with van der Waals surface area (Å²) in [6.07, 6.45) is 1.54. The summed E-state index contributed by atoms with van der Waals surface area (Å²) in [4.78, 5) is 29.4. The third-order valence-electron chi connectivity index (χ3n) is 5.57. The molecule has 7 nitrogen and oxygen atoms in total. The van der Waals surface area contributed by atoms with Gasteiger partial charge in [-0.25, -0.2) is 9.18 Å². The minimum Gasteiger partial charge on any atom is -0.467 e. The minimum absolute atomic E-state index is 0.152. The Morgan fingerprint density at radius 3 is 2.31 bits per heavy atom. The Hall–Kier alpha value is -3.65. The molecular weight excluding hydrogens is 449 g/mol. The summed E-state index contributed by atoms with van der Waals surface area (Å²) in [5, 5.41) is 2.86. The number of rotatable bonds is 11. The molecule has 8 heteroatoms. The highest BCUT2D eigenvalue weighted by molar-refractivity contribution is 5.92. The number of amides is 3. The van der Waals surface area contributed by atoms with Crippen LogP contribution in [0.1, 0.15) is 36.7 Å². The van der Waals surface area contributed by atoms with Crippen molar-refractivity contribution >= 4 is 17.6 Å². The van der Waals surface area contributed by atoms with E-state index in [-0.39, 0.29) is 44.5 Å². The number of anilines is 1. The third-order valence-corrected chi connectivity index (χ3v) is 5.57. The van der Waals surface area contributed by atoms with Crippen molar-refractivity contribution in [3.63, 3.8) is 0 Å². The Balaban J connectivity index is 1.73. The number of urea groups is 1. The quantitative estimate of drug-likeness (QED) is 0.406. The minimum atomic E-state index is -0.396. The molecule has 1 heterocycles. The van der Waals surface area contributed by atoms with Crippen molar-refractivity contribution in [2.24, 2.45) is 0 Å². The van der Waals surface area contributed by atoms with Crippen LogP contribution >= 0.6 is 0 Å². The summed E-state index contributed by atoms with van der Waals surface area (Å²) in [7, 11) is 1.54. The lowest BCUT2D eigenvalue weighted by Crippen LogP contribution is -2.45. The lowest BCUT2D eigenvalue weighted by atomic mass is 10.0. The predicted octanol–water partition coefficient (Wildman–Crippen LogP) is 5.25. The van der Waals surface area contributed by atoms with E-state index in [1.165, 1.54) is 22.6 Å². The first-order valence-corrected chi connectivity index (χ1v) is 11.5. The molecule has 3 amide bonds. The zero-order valence-electron chi connectivity index (χ0n) is 20.4. The molecule has 0 spiro atoms. The number of hydrogen-bond donors (Lipinski definition) is 1. The topological polar surface area (TPSA) is 75.0 Å². The molecule has 35 heavy (non-hydrogen) atoms. The van der Waals surface area contributed by atoms with E-state index < -0.39 is 6.03 Å². The number of carbonyl (C=O) groups is 2. The first kappa shape index (κ1) is 26.0. The van der Waals surface area contributed by atoms with Crippen LogP contribution in [-0.2, 0) is 22.6 Å². The highest BCUT2D eigenvalue weighted by atomic mass is 19.1. The van der Waals surface area contributed by atoms with Gasteiger partial charge in [0.25, 0.3) is 0 Å². The van der Waals surface area contributed by atoms with Gasteiger partial charge in [-0.2, -0.15) is 0 Å². The number of hydrogen-bond acceptors (Lipinski definition) is 4. The average Bonchev–Trinajstić information content (AvgIpc) is 3.36. The van der Waals surface area contributed by atoms with Gasteiger partial charge in [-0.3, -0.25) is 4.79 Å². The summed E-state index contributed by atoms with van der Waals surface area (Å²) in [5.74, 6) is 0.379. The van der Waals surface area contributed by atoms with Crippen molar-refractivity contribution in [2.75, 3.05) is 32.1 Å². The molecule has 0 saturated carbocycles. The number of methoxy groups -OCH3 is 1. The van der Waals surface area contributed by atoms with E-state index in [2.05, 4.69) is 19.2 Å². The van der Waals surface area contributed by atoms with Crippen LogP contribution < -0.4 is 5.32 Å². The van der Waals surface area contributed by atoms with E-state index >= 15 is 0 Å². The molecule has 1 N–H and O–H groups in total. The Kier molecular flexibility index (Phi) is 9.43. The fourth-order valence-corrected chi connectivity index (χ4v) is 3.50. The van der Waals surface area contributed by atoms with E-state index in [1.54, 1.807) is 42.5 Å². The van der Waals surface area contributed by atoms with Crippen LogP contribution in [0.3, 0.4) is 0 Å². The number of carbonyl (C=O) groups excluding carboxylic acids is 2. The van der Waals surface area contributed by atoms with E-state index in [9.17, 15) is 14.0 Å². The van der Waals surface area contributed by atoms with Crippen LogP contribution in [0, 0.1) is 5.82 Å². The van der Waals surface area contributed by atoms with Crippen molar-refractivity contribution in [2.45, 2.75) is 32.9 Å². The maximum atomic E-state index is 13.3. The highest BCUT2D eigenvalue weighted by Crippen LogP contribution is 2.18. The fraction of sp³-hybridized carbons (Fsp3) is 0.333. The van der Waals surface area contributed by atoms with Gasteiger partial charge in [0.05, 0.1) is 19.4 Å². The molecule has 0 saturated heterocycles. The molecule has 0 radical (unpaired) electrons. The summed E-state index contributed by atoms with van der Waals surface area (Å²) in [6.45, 7) is 5.04. The number of nitrogens with zero attached hydrogens (tertiary/aromatic N) is 2. The maximum absolute atomic E-state index is 13.3. The number of ether oxygens (including phenoxy) is 1. The Morgan fingerprint density at radius 2 is 1.71 bits per heavy atom. The largest absolute Gasteiger partial charge is 0.467 e. The first-order chi connectivity index (χ1) is 16.9. The zero-order chi connectivity index (χ0) is 25.2. The number of furan rings is 1. The molecule has 3 rings (SSSR count). The Morgan fingerprint density at radius 1 is 1.00 bits per heavy atom. The molecule has 1 aromatic heterocycles. The zero-order valence-corrected chi connectivity index (χ0v) is 20.4. The second-order valence-corrected chi connectivity index (χ2v) is 8.58. The average molecular weight is 482 g/mol. The van der Waals surface area contributed by atoms with Gasteiger partial charge in [0.15, 0.2) is 0 Å². The van der Waals surface area contributed by atoms with Crippen molar-refractivity contribution in [3.05, 3.63) is 89.6 Å². The second-order valence-electron chi connectivity index (χ2n) is 8.58. The van der Waals surface area contributed by atoms with Crippen molar-refractivity contribution in [1.82, 2.24) is 9.80 Å². The van der Waals surface area contributed by atoms with Crippen LogP contribution in [-0.4, -0.2) is 48.5 Å². The summed E-state index contributed by atoms with van der Waals surface area (Å²) in [5.41, 5.74) is 2.58. The summed E-state index contributed by atoms with van der Waals surface area (Å²) in [6, 6.07) is 16.7. The predicted molar refractivity (Wildman–Crippen MR) is 132 cm³/mol. The molecule has 0 unspecified atom stereocenters. The molecule has 0 bridgehead atoms. The normalized spacial score (nSPS) is 10.9. The molecule has 186 valence electrons. The van der Waals surface area contributed by atoms with Gasteiger partial charge in [0.2, 0.25) is 5.91 Å². The fourth-order valence-electron chi connectivity index (χ4n) is 3.50. The van der Waals surface area contributed by atoms with Crippen molar-refractivity contribution < 1.29 is 23.1 Å². The van der Waals surface area contributed by atoms with Crippen LogP contribution in [0.15, 0.2) is 71.3 Å². The monoisotopic (exact) mass is 481 g/mol. The van der Waals surface area contributed by atoms with Gasteiger partial charge < -0.3 is 24.3 Å². The van der Waals surface area contributed by atoms with E-state index in [1.807, 2.05) is 24.3 Å². The van der Waals surface area contributed by atoms with Gasteiger partial charge >= 0.3 is 6.03 Å². The number of nitrogens with one attached hydrogen (secondary N) is 1. The molecule has 0 aliphatic rings. The first-order valence-electron chi connectivity index (χ1n) is 11.5. The number of halogens is 1. The molecule has 0 aliphatic heterocycles. The van der Waals surface area contributed by atoms with E-state index in [4.69, 9.17) is 9.15 Å². The van der Waals surface area contributed by atoms with Gasteiger partial charge in [-0.1, -0.05) is 38.1 Å². The van der Waals surface area contributed by atoms with Gasteiger partial charge in [-0.05, 0) is 53.4 Å². The molecule has 2 aromatic carbocycles. The van der Waals surface area contributed by atoms with Crippen molar-refractivity contribution in [1.29, 1.82) is 0 Å². The molecule has 3 aromatic rings. The van der Waals surface area contributed by atoms with Gasteiger partial charge in [-0.15, -0.1) is 0 Å². The number of benzene rings is 2. The van der Waals surface area contributed by atoms with Crippen LogP contribution in [0.5, 0.6) is 0 Å².